The number of hydrogen-bond donors (Lipinski definition) is 2. The molecule has 0 saturated carbocycles. The number of unbranched alkanes of at least 4 members (excludes halogenated alkanes) is 2. The first-order chi connectivity index (χ1) is 10.3. The molecule has 2 rings (SSSR count). The van der Waals surface area contributed by atoms with Crippen LogP contribution in [0.2, 0.25) is 0 Å². The van der Waals surface area contributed by atoms with Crippen LogP contribution >= 0.6 is 0 Å². The van der Waals surface area contributed by atoms with Crippen molar-refractivity contribution in [3.05, 3.63) is 24.3 Å². The molecule has 1 amide bonds. The summed E-state index contributed by atoms with van der Waals surface area (Å²) in [7, 11) is 0. The Morgan fingerprint density at radius 1 is 1.14 bits per heavy atom. The SMILES string of the molecule is CCCCCNCC(=O)Nc1ccc(N2CCCC2)cc1. The summed E-state index contributed by atoms with van der Waals surface area (Å²) in [5.41, 5.74) is 2.13. The van der Waals surface area contributed by atoms with Gasteiger partial charge in [0.2, 0.25) is 5.91 Å². The van der Waals surface area contributed by atoms with E-state index in [1.165, 1.54) is 31.4 Å². The van der Waals surface area contributed by atoms with E-state index in [4.69, 9.17) is 0 Å². The van der Waals surface area contributed by atoms with Crippen molar-refractivity contribution in [3.63, 3.8) is 0 Å². The third kappa shape index (κ3) is 5.38. The number of rotatable bonds is 8. The average Bonchev–Trinajstić information content (AvgIpc) is 3.02. The molecule has 1 saturated heterocycles. The zero-order valence-corrected chi connectivity index (χ0v) is 13.0. The van der Waals surface area contributed by atoms with Crippen LogP contribution in [0.3, 0.4) is 0 Å². The quantitative estimate of drug-likeness (QED) is 0.723. The van der Waals surface area contributed by atoms with Crippen molar-refractivity contribution in [2.75, 3.05) is 36.4 Å². The predicted molar refractivity (Wildman–Crippen MR) is 88.9 cm³/mol. The van der Waals surface area contributed by atoms with Crippen LogP contribution in [-0.4, -0.2) is 32.1 Å². The fourth-order valence-corrected chi connectivity index (χ4v) is 2.64. The lowest BCUT2D eigenvalue weighted by molar-refractivity contribution is -0.115. The van der Waals surface area contributed by atoms with Gasteiger partial charge in [0.1, 0.15) is 0 Å². The predicted octanol–water partition coefficient (Wildman–Crippen LogP) is 3.01. The van der Waals surface area contributed by atoms with Gasteiger partial charge in [-0.3, -0.25) is 4.79 Å². The van der Waals surface area contributed by atoms with Gasteiger partial charge in [-0.2, -0.15) is 0 Å². The maximum Gasteiger partial charge on any atom is 0.238 e. The highest BCUT2D eigenvalue weighted by Crippen LogP contribution is 2.21. The van der Waals surface area contributed by atoms with Crippen LogP contribution in [0, 0.1) is 0 Å². The Bertz CT molecular complexity index is 424. The van der Waals surface area contributed by atoms with Gasteiger partial charge in [0.05, 0.1) is 6.54 Å². The van der Waals surface area contributed by atoms with Gasteiger partial charge in [-0.1, -0.05) is 19.8 Å². The number of hydrogen-bond acceptors (Lipinski definition) is 3. The van der Waals surface area contributed by atoms with Crippen molar-refractivity contribution in [1.29, 1.82) is 0 Å². The van der Waals surface area contributed by atoms with E-state index in [0.29, 0.717) is 6.54 Å². The van der Waals surface area contributed by atoms with Crippen LogP contribution < -0.4 is 15.5 Å². The molecule has 0 aliphatic carbocycles. The van der Waals surface area contributed by atoms with Gasteiger partial charge >= 0.3 is 0 Å². The van der Waals surface area contributed by atoms with E-state index in [2.05, 4.69) is 34.6 Å². The second-order valence-electron chi connectivity index (χ2n) is 5.67. The lowest BCUT2D eigenvalue weighted by atomic mass is 10.2. The van der Waals surface area contributed by atoms with Crippen molar-refractivity contribution in [3.8, 4) is 0 Å². The Hall–Kier alpha value is -1.55. The fourth-order valence-electron chi connectivity index (χ4n) is 2.64. The molecule has 2 N–H and O–H groups in total. The van der Waals surface area contributed by atoms with Crippen LogP contribution in [-0.2, 0) is 4.79 Å². The molecule has 0 unspecified atom stereocenters. The number of benzene rings is 1. The van der Waals surface area contributed by atoms with Gasteiger partial charge in [-0.15, -0.1) is 0 Å². The zero-order valence-electron chi connectivity index (χ0n) is 13.0. The highest BCUT2D eigenvalue weighted by Gasteiger charge is 2.11. The number of anilines is 2. The van der Waals surface area contributed by atoms with E-state index in [0.717, 1.165) is 31.7 Å². The largest absolute Gasteiger partial charge is 0.372 e. The van der Waals surface area contributed by atoms with E-state index in [-0.39, 0.29) is 5.91 Å². The molecule has 0 atom stereocenters. The van der Waals surface area contributed by atoms with Gasteiger partial charge in [-0.05, 0) is 50.1 Å². The molecule has 4 heteroatoms. The first kappa shape index (κ1) is 15.8. The summed E-state index contributed by atoms with van der Waals surface area (Å²) >= 11 is 0. The number of carbonyl (C=O) groups is 1. The number of amides is 1. The minimum Gasteiger partial charge on any atom is -0.372 e. The van der Waals surface area contributed by atoms with Gasteiger partial charge in [-0.25, -0.2) is 0 Å². The van der Waals surface area contributed by atoms with Crippen LogP contribution in [0.4, 0.5) is 11.4 Å². The lowest BCUT2D eigenvalue weighted by Gasteiger charge is -2.17. The average molecular weight is 289 g/mol. The molecule has 0 aromatic heterocycles. The van der Waals surface area contributed by atoms with Crippen molar-refractivity contribution in [1.82, 2.24) is 5.32 Å². The molecule has 1 fully saturated rings. The van der Waals surface area contributed by atoms with Crippen LogP contribution in [0.25, 0.3) is 0 Å². The fraction of sp³-hybridized carbons (Fsp3) is 0.588. The maximum atomic E-state index is 11.8. The maximum absolute atomic E-state index is 11.8. The molecule has 0 spiro atoms. The van der Waals surface area contributed by atoms with Crippen molar-refractivity contribution in [2.24, 2.45) is 0 Å². The Balaban J connectivity index is 1.71. The zero-order chi connectivity index (χ0) is 14.9. The van der Waals surface area contributed by atoms with Crippen LogP contribution in [0.15, 0.2) is 24.3 Å². The van der Waals surface area contributed by atoms with Crippen molar-refractivity contribution >= 4 is 17.3 Å². The molecule has 1 aliphatic rings. The van der Waals surface area contributed by atoms with Crippen molar-refractivity contribution in [2.45, 2.75) is 39.0 Å². The normalized spacial score (nSPS) is 14.4. The first-order valence-corrected chi connectivity index (χ1v) is 8.15. The van der Waals surface area contributed by atoms with E-state index < -0.39 is 0 Å². The first-order valence-electron chi connectivity index (χ1n) is 8.15. The van der Waals surface area contributed by atoms with Gasteiger partial charge in [0, 0.05) is 24.5 Å². The summed E-state index contributed by atoms with van der Waals surface area (Å²) in [5, 5.41) is 6.11. The molecule has 0 radical (unpaired) electrons. The molecule has 4 nitrogen and oxygen atoms in total. The van der Waals surface area contributed by atoms with Crippen LogP contribution in [0.1, 0.15) is 39.0 Å². The summed E-state index contributed by atoms with van der Waals surface area (Å²) in [6, 6.07) is 8.16. The minimum absolute atomic E-state index is 0.0282. The molecular weight excluding hydrogens is 262 g/mol. The highest BCUT2D eigenvalue weighted by molar-refractivity contribution is 5.92. The summed E-state index contributed by atoms with van der Waals surface area (Å²) < 4.78 is 0. The smallest absolute Gasteiger partial charge is 0.238 e. The standard InChI is InChI=1S/C17H27N3O/c1-2-3-4-11-18-14-17(21)19-15-7-9-16(10-8-15)20-12-5-6-13-20/h7-10,18H,2-6,11-14H2,1H3,(H,19,21). The molecule has 0 bridgehead atoms. The Labute approximate surface area is 127 Å². The summed E-state index contributed by atoms with van der Waals surface area (Å²) in [6.45, 7) is 5.77. The molecule has 1 aromatic carbocycles. The van der Waals surface area contributed by atoms with E-state index in [1.54, 1.807) is 0 Å². The molecule has 1 aromatic rings. The van der Waals surface area contributed by atoms with Crippen LogP contribution in [0.5, 0.6) is 0 Å². The van der Waals surface area contributed by atoms with E-state index in [1.807, 2.05) is 12.1 Å². The Morgan fingerprint density at radius 3 is 2.52 bits per heavy atom. The van der Waals surface area contributed by atoms with Gasteiger partial charge < -0.3 is 15.5 Å². The second kappa shape index (κ2) is 8.67. The topological polar surface area (TPSA) is 44.4 Å². The van der Waals surface area contributed by atoms with E-state index >= 15 is 0 Å². The molecular formula is C17H27N3O. The number of nitrogens with one attached hydrogen (secondary N) is 2. The van der Waals surface area contributed by atoms with Gasteiger partial charge in [0.25, 0.3) is 0 Å². The summed E-state index contributed by atoms with van der Waals surface area (Å²) in [6.07, 6.45) is 6.11. The monoisotopic (exact) mass is 289 g/mol. The molecule has 21 heavy (non-hydrogen) atoms. The summed E-state index contributed by atoms with van der Waals surface area (Å²) in [5.74, 6) is 0.0282. The molecule has 1 aliphatic heterocycles. The lowest BCUT2D eigenvalue weighted by Crippen LogP contribution is -2.28. The number of nitrogens with zero attached hydrogens (tertiary/aromatic N) is 1. The number of carbonyl (C=O) groups excluding carboxylic acids is 1. The van der Waals surface area contributed by atoms with E-state index in [9.17, 15) is 4.79 Å². The van der Waals surface area contributed by atoms with Gasteiger partial charge in [0.15, 0.2) is 0 Å². The second-order valence-corrected chi connectivity index (χ2v) is 5.67. The third-order valence-electron chi connectivity index (χ3n) is 3.86. The summed E-state index contributed by atoms with van der Waals surface area (Å²) in [4.78, 5) is 14.2. The Kier molecular flexibility index (Phi) is 6.54. The third-order valence-corrected chi connectivity index (χ3v) is 3.86. The molecule has 1 heterocycles. The Morgan fingerprint density at radius 2 is 1.86 bits per heavy atom. The molecule has 116 valence electrons. The van der Waals surface area contributed by atoms with Crippen molar-refractivity contribution < 1.29 is 4.79 Å². The highest BCUT2D eigenvalue weighted by atomic mass is 16.1. The minimum atomic E-state index is 0.0282.